The van der Waals surface area contributed by atoms with Gasteiger partial charge in [0.05, 0.1) is 0 Å². The number of anilines is 2. The van der Waals surface area contributed by atoms with Crippen molar-refractivity contribution in [3.8, 4) is 6.07 Å². The van der Waals surface area contributed by atoms with Gasteiger partial charge < -0.3 is 15.2 Å². The number of nitriles is 1. The number of hydrogen-bond donors (Lipinski definition) is 2. The molecule has 2 amide bonds. The SMILES string of the molecule is CC(=O)Nc1ccc(NC(=O)/C(C#N)=C/c2cc(C)n(CCC(C)C)c2C)cc1. The zero-order valence-electron chi connectivity index (χ0n) is 17.7. The number of aryl methyl sites for hydroxylation is 1. The maximum Gasteiger partial charge on any atom is 0.266 e. The summed E-state index contributed by atoms with van der Waals surface area (Å²) >= 11 is 0. The molecule has 2 aromatic rings. The van der Waals surface area contributed by atoms with Gasteiger partial charge in [-0.2, -0.15) is 5.26 Å². The van der Waals surface area contributed by atoms with Crippen LogP contribution in [-0.4, -0.2) is 16.4 Å². The van der Waals surface area contributed by atoms with E-state index in [1.165, 1.54) is 6.92 Å². The van der Waals surface area contributed by atoms with E-state index in [0.717, 1.165) is 29.9 Å². The highest BCUT2D eigenvalue weighted by molar-refractivity contribution is 6.09. The Morgan fingerprint density at radius 1 is 1.14 bits per heavy atom. The van der Waals surface area contributed by atoms with Crippen molar-refractivity contribution in [2.45, 2.75) is 47.6 Å². The summed E-state index contributed by atoms with van der Waals surface area (Å²) in [6, 6.07) is 10.7. The lowest BCUT2D eigenvalue weighted by molar-refractivity contribution is -0.114. The number of rotatable bonds is 7. The Hall–Kier alpha value is -3.33. The number of carbonyl (C=O) groups excluding carboxylic acids is 2. The van der Waals surface area contributed by atoms with E-state index in [-0.39, 0.29) is 11.5 Å². The molecule has 0 aliphatic carbocycles. The molecule has 2 N–H and O–H groups in total. The van der Waals surface area contributed by atoms with Crippen LogP contribution in [0.1, 0.15) is 44.1 Å². The Morgan fingerprint density at radius 2 is 1.72 bits per heavy atom. The standard InChI is InChI=1S/C23H28N4O2/c1-15(2)10-11-27-16(3)12-19(17(27)4)13-20(14-24)23(29)26-22-8-6-21(7-9-22)25-18(5)28/h6-9,12-13,15H,10-11H2,1-5H3,(H,25,28)(H,26,29)/b20-13+. The summed E-state index contributed by atoms with van der Waals surface area (Å²) in [5.74, 6) is -0.0260. The van der Waals surface area contributed by atoms with Gasteiger partial charge in [-0.05, 0) is 68.2 Å². The Balaban J connectivity index is 2.17. The minimum Gasteiger partial charge on any atom is -0.349 e. The Labute approximate surface area is 172 Å². The van der Waals surface area contributed by atoms with Crippen molar-refractivity contribution in [2.24, 2.45) is 5.92 Å². The van der Waals surface area contributed by atoms with Gasteiger partial charge in [-0.1, -0.05) is 13.8 Å². The number of amides is 2. The summed E-state index contributed by atoms with van der Waals surface area (Å²) in [5, 5.41) is 14.9. The first-order chi connectivity index (χ1) is 13.7. The molecule has 0 bridgehead atoms. The average Bonchev–Trinajstić information content (AvgIpc) is 2.92. The number of carbonyl (C=O) groups is 2. The molecular formula is C23H28N4O2. The second-order valence-corrected chi connectivity index (χ2v) is 7.54. The molecule has 6 nitrogen and oxygen atoms in total. The summed E-state index contributed by atoms with van der Waals surface area (Å²) in [6.45, 7) is 10.8. The van der Waals surface area contributed by atoms with Crippen molar-refractivity contribution in [3.63, 3.8) is 0 Å². The summed E-state index contributed by atoms with van der Waals surface area (Å²) in [5.41, 5.74) is 4.26. The quantitative estimate of drug-likeness (QED) is 0.531. The summed E-state index contributed by atoms with van der Waals surface area (Å²) in [4.78, 5) is 23.6. The Morgan fingerprint density at radius 3 is 2.24 bits per heavy atom. The van der Waals surface area contributed by atoms with Gasteiger partial charge in [-0.15, -0.1) is 0 Å². The smallest absolute Gasteiger partial charge is 0.266 e. The first-order valence-corrected chi connectivity index (χ1v) is 9.68. The molecule has 0 radical (unpaired) electrons. The fourth-order valence-electron chi connectivity index (χ4n) is 3.05. The van der Waals surface area contributed by atoms with Crippen LogP contribution in [-0.2, 0) is 16.1 Å². The highest BCUT2D eigenvalue weighted by Gasteiger charge is 2.13. The number of benzene rings is 1. The lowest BCUT2D eigenvalue weighted by Gasteiger charge is -2.11. The van der Waals surface area contributed by atoms with E-state index in [9.17, 15) is 14.9 Å². The lowest BCUT2D eigenvalue weighted by Crippen LogP contribution is -2.13. The van der Waals surface area contributed by atoms with Crippen LogP contribution in [0.2, 0.25) is 0 Å². The number of aromatic nitrogens is 1. The summed E-state index contributed by atoms with van der Waals surface area (Å²) in [7, 11) is 0. The predicted octanol–water partition coefficient (Wildman–Crippen LogP) is 4.66. The van der Waals surface area contributed by atoms with Crippen LogP contribution in [0.5, 0.6) is 0 Å². The van der Waals surface area contributed by atoms with Crippen LogP contribution in [0.3, 0.4) is 0 Å². The first-order valence-electron chi connectivity index (χ1n) is 9.68. The molecule has 0 saturated carbocycles. The molecule has 0 unspecified atom stereocenters. The van der Waals surface area contributed by atoms with Crippen molar-refractivity contribution in [2.75, 3.05) is 10.6 Å². The second-order valence-electron chi connectivity index (χ2n) is 7.54. The molecule has 2 rings (SSSR count). The summed E-state index contributed by atoms with van der Waals surface area (Å²) < 4.78 is 2.22. The van der Waals surface area contributed by atoms with Crippen molar-refractivity contribution >= 4 is 29.3 Å². The predicted molar refractivity (Wildman–Crippen MR) is 116 cm³/mol. The van der Waals surface area contributed by atoms with E-state index in [4.69, 9.17) is 0 Å². The van der Waals surface area contributed by atoms with Gasteiger partial charge in [0, 0.05) is 36.2 Å². The van der Waals surface area contributed by atoms with Crippen molar-refractivity contribution < 1.29 is 9.59 Å². The number of hydrogen-bond acceptors (Lipinski definition) is 3. The topological polar surface area (TPSA) is 86.9 Å². The molecule has 0 fully saturated rings. The van der Waals surface area contributed by atoms with Crippen LogP contribution in [0.15, 0.2) is 35.9 Å². The van der Waals surface area contributed by atoms with Gasteiger partial charge in [0.15, 0.2) is 0 Å². The average molecular weight is 393 g/mol. The largest absolute Gasteiger partial charge is 0.349 e. The third-order valence-electron chi connectivity index (χ3n) is 4.67. The van der Waals surface area contributed by atoms with Gasteiger partial charge in [-0.25, -0.2) is 0 Å². The Kier molecular flexibility index (Phi) is 7.38. The fraction of sp³-hybridized carbons (Fsp3) is 0.348. The van der Waals surface area contributed by atoms with Gasteiger partial charge in [0.25, 0.3) is 5.91 Å². The van der Waals surface area contributed by atoms with Gasteiger partial charge in [-0.3, -0.25) is 9.59 Å². The van der Waals surface area contributed by atoms with E-state index >= 15 is 0 Å². The molecular weight excluding hydrogens is 364 g/mol. The highest BCUT2D eigenvalue weighted by atomic mass is 16.2. The minimum absolute atomic E-state index is 0.0417. The van der Waals surface area contributed by atoms with Crippen molar-refractivity contribution in [3.05, 3.63) is 52.9 Å². The van der Waals surface area contributed by atoms with Crippen molar-refractivity contribution in [1.29, 1.82) is 5.26 Å². The van der Waals surface area contributed by atoms with Gasteiger partial charge in [0.2, 0.25) is 5.91 Å². The second kappa shape index (κ2) is 9.74. The lowest BCUT2D eigenvalue weighted by atomic mass is 10.1. The van der Waals surface area contributed by atoms with E-state index in [1.807, 2.05) is 26.0 Å². The zero-order valence-corrected chi connectivity index (χ0v) is 17.7. The maximum atomic E-state index is 12.6. The molecule has 0 aliphatic heterocycles. The molecule has 1 aromatic heterocycles. The molecule has 29 heavy (non-hydrogen) atoms. The maximum absolute atomic E-state index is 12.6. The third kappa shape index (κ3) is 6.08. The normalized spacial score (nSPS) is 11.3. The molecule has 152 valence electrons. The highest BCUT2D eigenvalue weighted by Crippen LogP contribution is 2.21. The van der Waals surface area contributed by atoms with Gasteiger partial charge in [0.1, 0.15) is 11.6 Å². The van der Waals surface area contributed by atoms with E-state index in [0.29, 0.717) is 17.3 Å². The van der Waals surface area contributed by atoms with E-state index in [2.05, 4.69) is 29.0 Å². The molecule has 0 spiro atoms. The first kappa shape index (κ1) is 22.0. The molecule has 0 aliphatic rings. The summed E-state index contributed by atoms with van der Waals surface area (Å²) in [6.07, 6.45) is 2.70. The van der Waals surface area contributed by atoms with Crippen LogP contribution in [0.4, 0.5) is 11.4 Å². The Bertz CT molecular complexity index is 960. The molecule has 1 heterocycles. The molecule has 0 atom stereocenters. The van der Waals surface area contributed by atoms with E-state index < -0.39 is 5.91 Å². The molecule has 0 saturated heterocycles. The third-order valence-corrected chi connectivity index (χ3v) is 4.67. The van der Waals surface area contributed by atoms with Crippen LogP contribution < -0.4 is 10.6 Å². The molecule has 1 aromatic carbocycles. The van der Waals surface area contributed by atoms with Crippen LogP contribution in [0.25, 0.3) is 6.08 Å². The van der Waals surface area contributed by atoms with Crippen molar-refractivity contribution in [1.82, 2.24) is 4.57 Å². The minimum atomic E-state index is -0.466. The van der Waals surface area contributed by atoms with Crippen LogP contribution >= 0.6 is 0 Å². The number of nitrogens with one attached hydrogen (secondary N) is 2. The molecule has 6 heteroatoms. The van der Waals surface area contributed by atoms with E-state index in [1.54, 1.807) is 30.3 Å². The van der Waals surface area contributed by atoms with Gasteiger partial charge >= 0.3 is 0 Å². The fourth-order valence-corrected chi connectivity index (χ4v) is 3.05. The zero-order chi connectivity index (χ0) is 21.6. The number of nitrogens with zero attached hydrogens (tertiary/aromatic N) is 2. The monoisotopic (exact) mass is 392 g/mol. The van der Waals surface area contributed by atoms with Crippen LogP contribution in [0, 0.1) is 31.1 Å².